The third-order valence-electron chi connectivity index (χ3n) is 3.92. The monoisotopic (exact) mass is 311 g/mol. The lowest BCUT2D eigenvalue weighted by atomic mass is 10.1. The molecule has 0 radical (unpaired) electrons. The summed E-state index contributed by atoms with van der Waals surface area (Å²) in [7, 11) is 1.99. The van der Waals surface area contributed by atoms with E-state index in [1.54, 1.807) is 12.1 Å². The second-order valence-electron chi connectivity index (χ2n) is 5.65. The van der Waals surface area contributed by atoms with Gasteiger partial charge < -0.3 is 10.2 Å². The number of anilines is 1. The third-order valence-corrected chi connectivity index (χ3v) is 3.92. The molecule has 0 aliphatic heterocycles. The quantitative estimate of drug-likeness (QED) is 0.839. The standard InChI is InChI=1S/C19H22FN3/c1-15(17-6-8-18(20)9-7-17)22-14-16-4-10-19(11-5-16)23(2)13-3-12-21/h4-11,15,22H,3,13-14H2,1-2H3/t15-/m0/s1. The number of nitriles is 1. The molecule has 0 aromatic heterocycles. The Kier molecular flexibility index (Phi) is 6.13. The van der Waals surface area contributed by atoms with Crippen molar-refractivity contribution in [3.8, 4) is 6.07 Å². The van der Waals surface area contributed by atoms with Crippen molar-refractivity contribution in [3.05, 3.63) is 65.5 Å². The third kappa shape index (κ3) is 5.08. The lowest BCUT2D eigenvalue weighted by Gasteiger charge is -2.18. The van der Waals surface area contributed by atoms with Gasteiger partial charge in [-0.2, -0.15) is 5.26 Å². The van der Waals surface area contributed by atoms with Crippen LogP contribution in [0, 0.1) is 17.1 Å². The van der Waals surface area contributed by atoms with Gasteiger partial charge in [0.15, 0.2) is 0 Å². The van der Waals surface area contributed by atoms with Crippen LogP contribution < -0.4 is 10.2 Å². The van der Waals surface area contributed by atoms with E-state index in [-0.39, 0.29) is 11.9 Å². The number of nitrogens with one attached hydrogen (secondary N) is 1. The number of halogens is 1. The Bertz CT molecular complexity index is 644. The molecule has 2 rings (SSSR count). The van der Waals surface area contributed by atoms with E-state index in [9.17, 15) is 4.39 Å². The molecule has 0 aliphatic rings. The van der Waals surface area contributed by atoms with Crippen molar-refractivity contribution in [3.63, 3.8) is 0 Å². The largest absolute Gasteiger partial charge is 0.374 e. The zero-order valence-corrected chi connectivity index (χ0v) is 13.6. The summed E-state index contributed by atoms with van der Waals surface area (Å²) in [5.74, 6) is -0.211. The van der Waals surface area contributed by atoms with Crippen molar-refractivity contribution in [1.82, 2.24) is 5.32 Å². The molecule has 0 saturated carbocycles. The molecule has 0 aliphatic carbocycles. The molecule has 120 valence electrons. The minimum absolute atomic E-state index is 0.161. The average Bonchev–Trinajstić information content (AvgIpc) is 2.58. The van der Waals surface area contributed by atoms with Gasteiger partial charge in [-0.15, -0.1) is 0 Å². The number of benzene rings is 2. The highest BCUT2D eigenvalue weighted by Gasteiger charge is 2.05. The molecule has 1 N–H and O–H groups in total. The highest BCUT2D eigenvalue weighted by Crippen LogP contribution is 2.16. The molecular formula is C19H22FN3. The Morgan fingerprint density at radius 2 is 1.78 bits per heavy atom. The average molecular weight is 311 g/mol. The Morgan fingerprint density at radius 1 is 1.13 bits per heavy atom. The minimum Gasteiger partial charge on any atom is -0.374 e. The molecule has 0 amide bonds. The Morgan fingerprint density at radius 3 is 2.39 bits per heavy atom. The maximum atomic E-state index is 12.9. The lowest BCUT2D eigenvalue weighted by molar-refractivity contribution is 0.571. The van der Waals surface area contributed by atoms with E-state index in [0.717, 1.165) is 24.3 Å². The Balaban J connectivity index is 1.88. The summed E-state index contributed by atoms with van der Waals surface area (Å²) in [6.07, 6.45) is 0.523. The number of rotatable bonds is 7. The van der Waals surface area contributed by atoms with Gasteiger partial charge in [-0.25, -0.2) is 4.39 Å². The van der Waals surface area contributed by atoms with Crippen LogP contribution in [0.5, 0.6) is 0 Å². The second kappa shape index (κ2) is 8.30. The van der Waals surface area contributed by atoms with Gasteiger partial charge >= 0.3 is 0 Å². The highest BCUT2D eigenvalue weighted by molar-refractivity contribution is 5.46. The van der Waals surface area contributed by atoms with Gasteiger partial charge in [-0.3, -0.25) is 0 Å². The number of nitrogens with zero attached hydrogens (tertiary/aromatic N) is 2. The highest BCUT2D eigenvalue weighted by atomic mass is 19.1. The fourth-order valence-electron chi connectivity index (χ4n) is 2.36. The van der Waals surface area contributed by atoms with Gasteiger partial charge in [0, 0.05) is 31.9 Å². The van der Waals surface area contributed by atoms with Crippen LogP contribution in [-0.4, -0.2) is 13.6 Å². The summed E-state index contributed by atoms with van der Waals surface area (Å²) in [6, 6.07) is 17.2. The summed E-state index contributed by atoms with van der Waals surface area (Å²) in [5, 5.41) is 12.1. The minimum atomic E-state index is -0.211. The Hall–Kier alpha value is -2.38. The summed E-state index contributed by atoms with van der Waals surface area (Å²) in [4.78, 5) is 2.07. The molecule has 4 heteroatoms. The molecule has 1 atom stereocenters. The van der Waals surface area contributed by atoms with Crippen LogP contribution in [0.25, 0.3) is 0 Å². The van der Waals surface area contributed by atoms with Gasteiger partial charge in [0.1, 0.15) is 5.82 Å². The second-order valence-corrected chi connectivity index (χ2v) is 5.65. The maximum absolute atomic E-state index is 12.9. The first-order valence-electron chi connectivity index (χ1n) is 7.76. The molecule has 2 aromatic rings. The van der Waals surface area contributed by atoms with Crippen LogP contribution in [0.4, 0.5) is 10.1 Å². The Labute approximate surface area is 137 Å². The molecule has 0 bridgehead atoms. The van der Waals surface area contributed by atoms with E-state index in [0.29, 0.717) is 6.42 Å². The zero-order valence-electron chi connectivity index (χ0n) is 13.6. The molecular weight excluding hydrogens is 289 g/mol. The van der Waals surface area contributed by atoms with Gasteiger partial charge in [0.2, 0.25) is 0 Å². The molecule has 0 heterocycles. The smallest absolute Gasteiger partial charge is 0.123 e. The molecule has 0 fully saturated rings. The summed E-state index contributed by atoms with van der Waals surface area (Å²) in [5.41, 5.74) is 3.37. The predicted octanol–water partition coefficient (Wildman–Crippen LogP) is 4.03. The summed E-state index contributed by atoms with van der Waals surface area (Å²) >= 11 is 0. The predicted molar refractivity (Wildman–Crippen MR) is 91.6 cm³/mol. The van der Waals surface area contributed by atoms with Crippen LogP contribution in [0.15, 0.2) is 48.5 Å². The maximum Gasteiger partial charge on any atom is 0.123 e. The van der Waals surface area contributed by atoms with Gasteiger partial charge in [-0.05, 0) is 42.3 Å². The van der Waals surface area contributed by atoms with Crippen LogP contribution in [0.2, 0.25) is 0 Å². The van der Waals surface area contributed by atoms with Crippen molar-refractivity contribution >= 4 is 5.69 Å². The van der Waals surface area contributed by atoms with Crippen LogP contribution in [0.3, 0.4) is 0 Å². The van der Waals surface area contributed by atoms with E-state index < -0.39 is 0 Å². The van der Waals surface area contributed by atoms with E-state index in [4.69, 9.17) is 5.26 Å². The zero-order chi connectivity index (χ0) is 16.7. The molecule has 0 spiro atoms. The van der Waals surface area contributed by atoms with Crippen molar-refractivity contribution in [2.45, 2.75) is 25.9 Å². The number of hydrogen-bond acceptors (Lipinski definition) is 3. The number of hydrogen-bond donors (Lipinski definition) is 1. The molecule has 0 saturated heterocycles. The van der Waals surface area contributed by atoms with Gasteiger partial charge in [-0.1, -0.05) is 24.3 Å². The summed E-state index contributed by atoms with van der Waals surface area (Å²) in [6.45, 7) is 3.55. The van der Waals surface area contributed by atoms with Crippen LogP contribution in [0.1, 0.15) is 30.5 Å². The van der Waals surface area contributed by atoms with Gasteiger partial charge in [0.05, 0.1) is 12.5 Å². The fraction of sp³-hybridized carbons (Fsp3) is 0.316. The topological polar surface area (TPSA) is 39.1 Å². The van der Waals surface area contributed by atoms with Crippen LogP contribution in [-0.2, 0) is 6.54 Å². The van der Waals surface area contributed by atoms with E-state index in [2.05, 4.69) is 47.5 Å². The van der Waals surface area contributed by atoms with Crippen LogP contribution >= 0.6 is 0 Å². The van der Waals surface area contributed by atoms with Gasteiger partial charge in [0.25, 0.3) is 0 Å². The first kappa shape index (κ1) is 17.0. The van der Waals surface area contributed by atoms with Crippen molar-refractivity contribution in [2.75, 3.05) is 18.5 Å². The van der Waals surface area contributed by atoms with Crippen molar-refractivity contribution in [2.24, 2.45) is 0 Å². The van der Waals surface area contributed by atoms with E-state index in [1.807, 2.05) is 7.05 Å². The molecule has 3 nitrogen and oxygen atoms in total. The SMILES string of the molecule is C[C@H](NCc1ccc(N(C)CCC#N)cc1)c1ccc(F)cc1. The fourth-order valence-corrected chi connectivity index (χ4v) is 2.36. The van der Waals surface area contributed by atoms with Crippen molar-refractivity contribution < 1.29 is 4.39 Å². The molecule has 0 unspecified atom stereocenters. The molecule has 2 aromatic carbocycles. The van der Waals surface area contributed by atoms with Crippen molar-refractivity contribution in [1.29, 1.82) is 5.26 Å². The van der Waals surface area contributed by atoms with E-state index in [1.165, 1.54) is 17.7 Å². The normalized spacial score (nSPS) is 11.7. The first-order valence-corrected chi connectivity index (χ1v) is 7.76. The lowest BCUT2D eigenvalue weighted by Crippen LogP contribution is -2.19. The first-order chi connectivity index (χ1) is 11.1. The summed E-state index contributed by atoms with van der Waals surface area (Å²) < 4.78 is 12.9. The molecule has 23 heavy (non-hydrogen) atoms. The van der Waals surface area contributed by atoms with E-state index >= 15 is 0 Å².